The molecule has 3 aliphatic heterocycles. The Kier molecular flexibility index (Phi) is 15.3. The molecule has 0 unspecified atom stereocenters. The van der Waals surface area contributed by atoms with Crippen LogP contribution in [-0.2, 0) is 69.1 Å². The highest BCUT2D eigenvalue weighted by atomic mass is 16.7. The largest absolute Gasteiger partial charge is 0.514 e. The minimum Gasteiger partial charge on any atom is -0.493 e. The summed E-state index contributed by atoms with van der Waals surface area (Å²) in [5, 5.41) is 0. The molecule has 6 aromatic rings. The van der Waals surface area contributed by atoms with Gasteiger partial charge in [-0.2, -0.15) is 0 Å². The minimum atomic E-state index is -0.950. The van der Waals surface area contributed by atoms with Gasteiger partial charge in [-0.25, -0.2) is 4.79 Å². The van der Waals surface area contributed by atoms with E-state index in [4.69, 9.17) is 61.6 Å². The van der Waals surface area contributed by atoms with Gasteiger partial charge in [0.15, 0.2) is 29.3 Å². The van der Waals surface area contributed by atoms with Gasteiger partial charge in [0.05, 0.1) is 59.3 Å². The molecule has 0 aromatic heterocycles. The van der Waals surface area contributed by atoms with E-state index >= 15 is 0 Å². The van der Waals surface area contributed by atoms with Crippen LogP contribution in [0.3, 0.4) is 0 Å². The first kappa shape index (κ1) is 48.6. The molecule has 0 bridgehead atoms. The number of carbonyl (C=O) groups excluding carboxylic acids is 2. The number of cyclic esters (lactones) is 1. The minimum absolute atomic E-state index is 0.000713. The van der Waals surface area contributed by atoms with Crippen molar-refractivity contribution in [2.24, 2.45) is 11.8 Å². The molecule has 4 aliphatic rings. The zero-order chi connectivity index (χ0) is 49.4. The highest BCUT2D eigenvalue weighted by Crippen LogP contribution is 2.57. The maximum absolute atomic E-state index is 14.2. The van der Waals surface area contributed by atoms with Crippen LogP contribution in [-0.4, -0.2) is 84.2 Å². The van der Waals surface area contributed by atoms with Crippen molar-refractivity contribution in [1.82, 2.24) is 0 Å². The molecule has 2 fully saturated rings. The maximum Gasteiger partial charge on any atom is 0.514 e. The number of rotatable bonds is 19. The fourth-order valence-corrected chi connectivity index (χ4v) is 10.0. The van der Waals surface area contributed by atoms with Gasteiger partial charge in [0.1, 0.15) is 31.0 Å². The van der Waals surface area contributed by atoms with Gasteiger partial charge in [-0.05, 0) is 63.2 Å². The second-order valence-corrected chi connectivity index (χ2v) is 17.8. The van der Waals surface area contributed by atoms with E-state index in [1.165, 1.54) is 14.2 Å². The Morgan fingerprint density at radius 1 is 0.583 bits per heavy atom. The predicted molar refractivity (Wildman–Crippen MR) is 259 cm³/mol. The van der Waals surface area contributed by atoms with Gasteiger partial charge >= 0.3 is 12.1 Å². The first-order valence-corrected chi connectivity index (χ1v) is 23.9. The van der Waals surface area contributed by atoms with Crippen molar-refractivity contribution < 1.29 is 71.2 Å². The summed E-state index contributed by atoms with van der Waals surface area (Å²) in [6.07, 6.45) is -5.46. The summed E-state index contributed by atoms with van der Waals surface area (Å²) in [6.45, 7) is 0.860. The van der Waals surface area contributed by atoms with Gasteiger partial charge in [0.25, 0.3) is 0 Å². The van der Waals surface area contributed by atoms with Crippen LogP contribution in [0.15, 0.2) is 146 Å². The van der Waals surface area contributed by atoms with E-state index in [2.05, 4.69) is 0 Å². The molecule has 3 heterocycles. The average Bonchev–Trinajstić information content (AvgIpc) is 4.06. The van der Waals surface area contributed by atoms with Crippen molar-refractivity contribution in [3.8, 4) is 28.7 Å². The Balaban J connectivity index is 0.978. The molecule has 0 amide bonds. The molecule has 6 aromatic carbocycles. The zero-order valence-electron chi connectivity index (χ0n) is 40.1. The molecular formula is C57H56O15. The molecule has 0 N–H and O–H groups in total. The molecular weight excluding hydrogens is 925 g/mol. The zero-order valence-corrected chi connectivity index (χ0v) is 40.1. The third kappa shape index (κ3) is 10.6. The molecule has 1 aliphatic carbocycles. The van der Waals surface area contributed by atoms with Crippen molar-refractivity contribution in [1.29, 1.82) is 0 Å². The van der Waals surface area contributed by atoms with Gasteiger partial charge in [0, 0.05) is 18.9 Å². The Bertz CT molecular complexity index is 2730. The van der Waals surface area contributed by atoms with E-state index in [0.717, 1.165) is 33.4 Å². The summed E-state index contributed by atoms with van der Waals surface area (Å²) in [5.74, 6) is -0.851. The monoisotopic (exact) mass is 980 g/mol. The van der Waals surface area contributed by atoms with Crippen LogP contribution in [0.25, 0.3) is 0 Å². The van der Waals surface area contributed by atoms with Gasteiger partial charge in [0.2, 0.25) is 12.5 Å². The topological polar surface area (TPSA) is 154 Å². The standard InChI is InChI=1S/C57H56O15/c1-60-45-24-39(25-46(61-2)51(45)72-57(59)68-31-38-22-14-7-15-23-38)48-40-26-43-44(70-34-69-43)27-41(40)50(42-32-67-55(58)49(42)48)66-33-47-52(63-28-35-16-8-4-9-17-35)53(64-29-36-18-10-5-11-19-36)54(56(62-3)71-47)65-30-37-20-12-6-13-21-37/h4-27,42,47-50,52-54,56H,28-34H2,1-3H3/t42-,47+,48+,49-,50+,52+,53+,54-,56-/m0/s1. The Hall–Kier alpha value is -6.98. The number of methoxy groups -OCH3 is 3. The number of esters is 1. The van der Waals surface area contributed by atoms with E-state index in [1.807, 2.05) is 133 Å². The fraction of sp³-hybridized carbons (Fsp3) is 0.333. The van der Waals surface area contributed by atoms with Crippen molar-refractivity contribution in [2.45, 2.75) is 69.2 Å². The van der Waals surface area contributed by atoms with E-state index in [-0.39, 0.29) is 63.7 Å². The first-order valence-electron chi connectivity index (χ1n) is 23.9. The molecule has 2 saturated heterocycles. The lowest BCUT2D eigenvalue weighted by Gasteiger charge is -2.46. The van der Waals surface area contributed by atoms with Crippen LogP contribution in [0.5, 0.6) is 28.7 Å². The molecule has 9 atom stereocenters. The predicted octanol–water partition coefficient (Wildman–Crippen LogP) is 9.27. The summed E-state index contributed by atoms with van der Waals surface area (Å²) in [6, 6.07) is 46.2. The van der Waals surface area contributed by atoms with Crippen LogP contribution in [0.2, 0.25) is 0 Å². The van der Waals surface area contributed by atoms with Gasteiger partial charge < -0.3 is 61.6 Å². The number of fused-ring (bicyclic) bond motifs is 3. The molecule has 0 radical (unpaired) electrons. The Morgan fingerprint density at radius 2 is 1.10 bits per heavy atom. The van der Waals surface area contributed by atoms with Gasteiger partial charge in [-0.15, -0.1) is 0 Å². The second-order valence-electron chi connectivity index (χ2n) is 17.8. The third-order valence-corrected chi connectivity index (χ3v) is 13.5. The summed E-state index contributed by atoms with van der Waals surface area (Å²) in [7, 11) is 4.49. The van der Waals surface area contributed by atoms with Crippen LogP contribution >= 0.6 is 0 Å². The average molecular weight is 981 g/mol. The van der Waals surface area contributed by atoms with E-state index in [0.29, 0.717) is 17.1 Å². The lowest BCUT2D eigenvalue weighted by molar-refractivity contribution is -0.324. The van der Waals surface area contributed by atoms with Gasteiger partial charge in [-0.3, -0.25) is 4.79 Å². The number of carbonyl (C=O) groups is 2. The molecule has 72 heavy (non-hydrogen) atoms. The van der Waals surface area contributed by atoms with Crippen LogP contribution in [0.1, 0.15) is 51.0 Å². The highest BCUT2D eigenvalue weighted by Gasteiger charge is 2.55. The quantitative estimate of drug-likeness (QED) is 0.0559. The fourth-order valence-electron chi connectivity index (χ4n) is 10.0. The Morgan fingerprint density at radius 3 is 1.64 bits per heavy atom. The molecule has 0 spiro atoms. The SMILES string of the molecule is COc1cc([C@@H]2c3cc4c(cc3[C@@H](OC[C@H]3O[C@H](OC)[C@@H](OCc5ccccc5)[C@H](OCc5ccccc5)[C@@H]3OCc3ccccc3)[C@H]3COC(=O)[C@H]23)OCO4)cc(OC)c1OC(=O)OCc1ccccc1. The molecule has 374 valence electrons. The molecule has 15 heteroatoms. The number of ether oxygens (including phenoxy) is 13. The summed E-state index contributed by atoms with van der Waals surface area (Å²) in [5.41, 5.74) is 5.81. The summed E-state index contributed by atoms with van der Waals surface area (Å²) < 4.78 is 81.0. The maximum atomic E-state index is 14.2. The molecule has 0 saturated carbocycles. The van der Waals surface area contributed by atoms with Crippen molar-refractivity contribution in [3.05, 3.63) is 185 Å². The molecule has 15 nitrogen and oxygen atoms in total. The van der Waals surface area contributed by atoms with Crippen LogP contribution < -0.4 is 23.7 Å². The number of hydrogen-bond donors (Lipinski definition) is 0. The van der Waals surface area contributed by atoms with Crippen molar-refractivity contribution >= 4 is 12.1 Å². The van der Waals surface area contributed by atoms with Crippen LogP contribution in [0.4, 0.5) is 4.79 Å². The lowest BCUT2D eigenvalue weighted by atomic mass is 9.66. The van der Waals surface area contributed by atoms with E-state index < -0.39 is 66.7 Å². The number of benzene rings is 6. The smallest absolute Gasteiger partial charge is 0.493 e. The third-order valence-electron chi connectivity index (χ3n) is 13.5. The van der Waals surface area contributed by atoms with Gasteiger partial charge in [-0.1, -0.05) is 121 Å². The highest BCUT2D eigenvalue weighted by molar-refractivity contribution is 5.79. The summed E-state index contributed by atoms with van der Waals surface area (Å²) in [4.78, 5) is 27.3. The van der Waals surface area contributed by atoms with E-state index in [1.54, 1.807) is 19.2 Å². The lowest BCUT2D eigenvalue weighted by Crippen LogP contribution is -2.61. The van der Waals surface area contributed by atoms with Crippen molar-refractivity contribution in [2.75, 3.05) is 41.3 Å². The molecule has 10 rings (SSSR count). The normalized spacial score (nSPS) is 23.9. The Labute approximate surface area is 417 Å². The van der Waals surface area contributed by atoms with Crippen molar-refractivity contribution in [3.63, 3.8) is 0 Å². The van der Waals surface area contributed by atoms with E-state index in [9.17, 15) is 9.59 Å². The van der Waals surface area contributed by atoms with Crippen LogP contribution in [0, 0.1) is 11.8 Å². The first-order chi connectivity index (χ1) is 35.4. The second kappa shape index (κ2) is 22.6. The number of hydrogen-bond acceptors (Lipinski definition) is 15. The summed E-state index contributed by atoms with van der Waals surface area (Å²) >= 11 is 0.